The lowest BCUT2D eigenvalue weighted by Crippen LogP contribution is -2.32. The maximum atomic E-state index is 12.5. The summed E-state index contributed by atoms with van der Waals surface area (Å²) in [6, 6.07) is 13.8. The third-order valence-corrected chi connectivity index (χ3v) is 4.20. The van der Waals surface area contributed by atoms with Crippen LogP contribution in [0, 0.1) is 13.8 Å². The minimum absolute atomic E-state index is 0.120. The maximum absolute atomic E-state index is 12.5. The molecule has 3 nitrogen and oxygen atoms in total. The van der Waals surface area contributed by atoms with Crippen molar-refractivity contribution in [3.8, 4) is 5.75 Å². The zero-order valence-electron chi connectivity index (χ0n) is 14.1. The SMILES string of the molecule is CC[C@H](Oc1cc(C)cc(C)c1)C(=O)Nc1cccc(SC)c1. The molecule has 0 spiro atoms. The molecule has 23 heavy (non-hydrogen) atoms. The lowest BCUT2D eigenvalue weighted by atomic mass is 10.1. The van der Waals surface area contributed by atoms with Gasteiger partial charge in [0.2, 0.25) is 0 Å². The largest absolute Gasteiger partial charge is 0.481 e. The molecule has 0 aliphatic carbocycles. The fraction of sp³-hybridized carbons (Fsp3) is 0.316. The summed E-state index contributed by atoms with van der Waals surface area (Å²) >= 11 is 1.65. The normalized spacial score (nSPS) is 11.8. The average Bonchev–Trinajstić information content (AvgIpc) is 2.51. The summed E-state index contributed by atoms with van der Waals surface area (Å²) in [6.45, 7) is 5.99. The van der Waals surface area contributed by atoms with Crippen LogP contribution in [-0.2, 0) is 4.79 Å². The first-order valence-corrected chi connectivity index (χ1v) is 8.94. The van der Waals surface area contributed by atoms with E-state index in [9.17, 15) is 4.79 Å². The first-order valence-electron chi connectivity index (χ1n) is 7.71. The van der Waals surface area contributed by atoms with E-state index in [0.717, 1.165) is 27.5 Å². The zero-order valence-corrected chi connectivity index (χ0v) is 14.9. The summed E-state index contributed by atoms with van der Waals surface area (Å²) in [4.78, 5) is 13.6. The Morgan fingerprint density at radius 1 is 1.17 bits per heavy atom. The lowest BCUT2D eigenvalue weighted by Gasteiger charge is -2.18. The Balaban J connectivity index is 2.08. The molecular formula is C19H23NO2S. The highest BCUT2D eigenvalue weighted by Gasteiger charge is 2.19. The molecule has 1 N–H and O–H groups in total. The standard InChI is InChI=1S/C19H23NO2S/c1-5-18(22-16-10-13(2)9-14(3)11-16)19(21)20-15-7-6-8-17(12-15)23-4/h6-12,18H,5H2,1-4H3,(H,20,21)/t18-/m0/s1. The van der Waals surface area contributed by atoms with Crippen molar-refractivity contribution >= 4 is 23.4 Å². The summed E-state index contributed by atoms with van der Waals surface area (Å²) in [5.41, 5.74) is 3.05. The van der Waals surface area contributed by atoms with Gasteiger partial charge in [0.25, 0.3) is 5.91 Å². The molecule has 122 valence electrons. The Kier molecular flexibility index (Phi) is 6.11. The topological polar surface area (TPSA) is 38.3 Å². The number of hydrogen-bond donors (Lipinski definition) is 1. The fourth-order valence-corrected chi connectivity index (χ4v) is 2.87. The highest BCUT2D eigenvalue weighted by Crippen LogP contribution is 2.21. The van der Waals surface area contributed by atoms with Crippen LogP contribution < -0.4 is 10.1 Å². The van der Waals surface area contributed by atoms with Crippen LogP contribution in [0.5, 0.6) is 5.75 Å². The van der Waals surface area contributed by atoms with E-state index in [1.807, 2.05) is 63.4 Å². The summed E-state index contributed by atoms with van der Waals surface area (Å²) in [6.07, 6.45) is 2.12. The van der Waals surface area contributed by atoms with Gasteiger partial charge in [0.15, 0.2) is 6.10 Å². The molecule has 4 heteroatoms. The Morgan fingerprint density at radius 2 is 1.87 bits per heavy atom. The Bertz CT molecular complexity index is 665. The van der Waals surface area contributed by atoms with Gasteiger partial charge in [-0.15, -0.1) is 11.8 Å². The highest BCUT2D eigenvalue weighted by molar-refractivity contribution is 7.98. The van der Waals surface area contributed by atoms with Gasteiger partial charge in [0.1, 0.15) is 5.75 Å². The number of nitrogens with one attached hydrogen (secondary N) is 1. The molecule has 0 radical (unpaired) electrons. The van der Waals surface area contributed by atoms with Crippen LogP contribution >= 0.6 is 11.8 Å². The number of aryl methyl sites for hydroxylation is 2. The molecule has 1 atom stereocenters. The van der Waals surface area contributed by atoms with Crippen LogP contribution in [0.1, 0.15) is 24.5 Å². The van der Waals surface area contributed by atoms with Crippen molar-refractivity contribution in [2.24, 2.45) is 0 Å². The summed E-state index contributed by atoms with van der Waals surface area (Å²) in [7, 11) is 0. The molecule has 0 fully saturated rings. The van der Waals surface area contributed by atoms with Crippen molar-refractivity contribution in [2.45, 2.75) is 38.2 Å². The third-order valence-electron chi connectivity index (χ3n) is 3.47. The summed E-state index contributed by atoms with van der Waals surface area (Å²) < 4.78 is 5.90. The van der Waals surface area contributed by atoms with E-state index in [-0.39, 0.29) is 5.91 Å². The maximum Gasteiger partial charge on any atom is 0.265 e. The Morgan fingerprint density at radius 3 is 2.48 bits per heavy atom. The van der Waals surface area contributed by atoms with Gasteiger partial charge in [-0.25, -0.2) is 0 Å². The molecule has 2 rings (SSSR count). The van der Waals surface area contributed by atoms with E-state index >= 15 is 0 Å². The van der Waals surface area contributed by atoms with E-state index < -0.39 is 6.10 Å². The second-order valence-corrected chi connectivity index (χ2v) is 6.44. The second-order valence-electron chi connectivity index (χ2n) is 5.56. The zero-order chi connectivity index (χ0) is 16.8. The molecular weight excluding hydrogens is 306 g/mol. The molecule has 2 aromatic rings. The van der Waals surface area contributed by atoms with Crippen molar-refractivity contribution in [1.82, 2.24) is 0 Å². The van der Waals surface area contributed by atoms with Gasteiger partial charge < -0.3 is 10.1 Å². The summed E-state index contributed by atoms with van der Waals surface area (Å²) in [5, 5.41) is 2.94. The molecule has 0 saturated carbocycles. The molecule has 0 heterocycles. The van der Waals surface area contributed by atoms with E-state index in [2.05, 4.69) is 11.4 Å². The number of carbonyl (C=O) groups excluding carboxylic acids is 1. The Hall–Kier alpha value is -1.94. The number of benzene rings is 2. The second kappa shape index (κ2) is 8.06. The van der Waals surface area contributed by atoms with Gasteiger partial charge in [-0.2, -0.15) is 0 Å². The average molecular weight is 329 g/mol. The van der Waals surface area contributed by atoms with E-state index in [1.54, 1.807) is 11.8 Å². The number of anilines is 1. The van der Waals surface area contributed by atoms with Gasteiger partial charge >= 0.3 is 0 Å². The number of thioether (sulfide) groups is 1. The molecule has 0 aliphatic rings. The number of hydrogen-bond acceptors (Lipinski definition) is 3. The van der Waals surface area contributed by atoms with Crippen molar-refractivity contribution < 1.29 is 9.53 Å². The molecule has 0 bridgehead atoms. The molecule has 2 aromatic carbocycles. The summed E-state index contributed by atoms with van der Waals surface area (Å²) in [5.74, 6) is 0.618. The smallest absolute Gasteiger partial charge is 0.265 e. The van der Waals surface area contributed by atoms with Gasteiger partial charge in [0.05, 0.1) is 0 Å². The predicted molar refractivity (Wildman–Crippen MR) is 97.5 cm³/mol. The van der Waals surface area contributed by atoms with Gasteiger partial charge in [-0.05, 0) is 68.0 Å². The number of carbonyl (C=O) groups is 1. The van der Waals surface area contributed by atoms with Crippen LogP contribution in [0.2, 0.25) is 0 Å². The Labute approximate surface area is 142 Å². The molecule has 0 unspecified atom stereocenters. The third kappa shape index (κ3) is 5.03. The fourth-order valence-electron chi connectivity index (χ4n) is 2.41. The van der Waals surface area contributed by atoms with Crippen LogP contribution in [0.3, 0.4) is 0 Å². The van der Waals surface area contributed by atoms with E-state index in [4.69, 9.17) is 4.74 Å². The van der Waals surface area contributed by atoms with Crippen LogP contribution in [-0.4, -0.2) is 18.3 Å². The van der Waals surface area contributed by atoms with E-state index in [0.29, 0.717) is 6.42 Å². The van der Waals surface area contributed by atoms with Crippen molar-refractivity contribution in [2.75, 3.05) is 11.6 Å². The van der Waals surface area contributed by atoms with Crippen molar-refractivity contribution in [3.63, 3.8) is 0 Å². The first kappa shape index (κ1) is 17.4. The first-order chi connectivity index (χ1) is 11.0. The van der Waals surface area contributed by atoms with Gasteiger partial charge in [-0.1, -0.05) is 19.1 Å². The quantitative estimate of drug-likeness (QED) is 0.772. The number of rotatable bonds is 6. The van der Waals surface area contributed by atoms with Crippen LogP contribution in [0.4, 0.5) is 5.69 Å². The lowest BCUT2D eigenvalue weighted by molar-refractivity contribution is -0.122. The minimum Gasteiger partial charge on any atom is -0.481 e. The van der Waals surface area contributed by atoms with Crippen molar-refractivity contribution in [3.05, 3.63) is 53.6 Å². The van der Waals surface area contributed by atoms with Crippen molar-refractivity contribution in [1.29, 1.82) is 0 Å². The highest BCUT2D eigenvalue weighted by atomic mass is 32.2. The predicted octanol–water partition coefficient (Wildman–Crippen LogP) is 4.82. The minimum atomic E-state index is -0.505. The number of amides is 1. The molecule has 0 aromatic heterocycles. The molecule has 1 amide bonds. The molecule has 0 saturated heterocycles. The van der Waals surface area contributed by atoms with E-state index in [1.165, 1.54) is 0 Å². The van der Waals surface area contributed by atoms with Gasteiger partial charge in [-0.3, -0.25) is 4.79 Å². The monoisotopic (exact) mass is 329 g/mol. The van der Waals surface area contributed by atoms with Crippen LogP contribution in [0.15, 0.2) is 47.4 Å². The number of ether oxygens (including phenoxy) is 1. The van der Waals surface area contributed by atoms with Gasteiger partial charge in [0, 0.05) is 10.6 Å². The van der Waals surface area contributed by atoms with Crippen LogP contribution in [0.25, 0.3) is 0 Å². The molecule has 0 aliphatic heterocycles.